The van der Waals surface area contributed by atoms with E-state index < -0.39 is 15.9 Å². The van der Waals surface area contributed by atoms with Gasteiger partial charge in [-0.1, -0.05) is 30.3 Å². The van der Waals surface area contributed by atoms with Crippen molar-refractivity contribution < 1.29 is 22.7 Å². The van der Waals surface area contributed by atoms with Crippen LogP contribution in [0.5, 0.6) is 5.75 Å². The number of nitrogens with one attached hydrogen (secondary N) is 1. The molecule has 2 saturated heterocycles. The van der Waals surface area contributed by atoms with Crippen molar-refractivity contribution in [3.05, 3.63) is 60.2 Å². The lowest BCUT2D eigenvalue weighted by molar-refractivity contribution is -0.126. The van der Waals surface area contributed by atoms with E-state index in [2.05, 4.69) is 22.3 Å². The zero-order valence-corrected chi connectivity index (χ0v) is 20.7. The molecule has 2 amide bonds. The van der Waals surface area contributed by atoms with Gasteiger partial charge < -0.3 is 15.0 Å². The van der Waals surface area contributed by atoms with Gasteiger partial charge in [-0.05, 0) is 29.8 Å². The second kappa shape index (κ2) is 11.2. The van der Waals surface area contributed by atoms with Crippen molar-refractivity contribution in [2.75, 3.05) is 57.0 Å². The number of hydrogen-bond acceptors (Lipinski definition) is 6. The van der Waals surface area contributed by atoms with Gasteiger partial charge in [0, 0.05) is 57.9 Å². The summed E-state index contributed by atoms with van der Waals surface area (Å²) in [6.45, 7) is 3.33. The van der Waals surface area contributed by atoms with Crippen molar-refractivity contribution in [3.63, 3.8) is 0 Å². The summed E-state index contributed by atoms with van der Waals surface area (Å²) < 4.78 is 32.2. The van der Waals surface area contributed by atoms with E-state index in [1.54, 1.807) is 36.3 Å². The summed E-state index contributed by atoms with van der Waals surface area (Å²) in [5, 5.41) is 2.72. The molecule has 35 heavy (non-hydrogen) atoms. The molecule has 1 unspecified atom stereocenters. The highest BCUT2D eigenvalue weighted by atomic mass is 32.2. The predicted octanol–water partition coefficient (Wildman–Crippen LogP) is 1.31. The smallest absolute Gasteiger partial charge is 0.227 e. The Balaban J connectivity index is 1.21. The Morgan fingerprint density at radius 2 is 1.71 bits per heavy atom. The number of nitrogens with zero attached hydrogens (tertiary/aromatic N) is 3. The number of amides is 2. The zero-order valence-electron chi connectivity index (χ0n) is 19.9. The third-order valence-corrected chi connectivity index (χ3v) is 8.38. The van der Waals surface area contributed by atoms with E-state index in [1.165, 1.54) is 9.87 Å². The number of carbonyl (C=O) groups is 2. The molecule has 2 fully saturated rings. The van der Waals surface area contributed by atoms with E-state index in [0.29, 0.717) is 37.6 Å². The number of rotatable bonds is 9. The highest BCUT2D eigenvalue weighted by molar-refractivity contribution is 7.89. The Morgan fingerprint density at radius 3 is 2.37 bits per heavy atom. The summed E-state index contributed by atoms with van der Waals surface area (Å²) >= 11 is 0. The Labute approximate surface area is 206 Å². The Hall–Kier alpha value is -2.95. The molecule has 0 saturated carbocycles. The lowest BCUT2D eigenvalue weighted by Crippen LogP contribution is -2.49. The first kappa shape index (κ1) is 25.2. The number of benzene rings is 2. The quantitative estimate of drug-likeness (QED) is 0.558. The van der Waals surface area contributed by atoms with Crippen molar-refractivity contribution in [3.8, 4) is 5.75 Å². The molecule has 1 atom stereocenters. The fourth-order valence-corrected chi connectivity index (χ4v) is 5.82. The van der Waals surface area contributed by atoms with Crippen LogP contribution in [0.4, 0.5) is 5.69 Å². The molecule has 4 rings (SSSR count). The van der Waals surface area contributed by atoms with E-state index in [-0.39, 0.29) is 37.1 Å². The molecule has 0 spiro atoms. The van der Waals surface area contributed by atoms with Crippen LogP contribution in [0.2, 0.25) is 0 Å². The first-order valence-corrected chi connectivity index (χ1v) is 13.4. The maximum Gasteiger partial charge on any atom is 0.227 e. The monoisotopic (exact) mass is 500 g/mol. The lowest BCUT2D eigenvalue weighted by atomic mass is 10.1. The Morgan fingerprint density at radius 1 is 1.03 bits per heavy atom. The van der Waals surface area contributed by atoms with Crippen molar-refractivity contribution in [2.24, 2.45) is 5.92 Å². The number of hydrogen-bond donors (Lipinski definition) is 1. The molecule has 9 nitrogen and oxygen atoms in total. The summed E-state index contributed by atoms with van der Waals surface area (Å²) in [6.07, 6.45) is 0.105. The number of sulfonamides is 1. The van der Waals surface area contributed by atoms with Crippen molar-refractivity contribution >= 4 is 27.5 Å². The van der Waals surface area contributed by atoms with Crippen LogP contribution < -0.4 is 15.0 Å². The van der Waals surface area contributed by atoms with Gasteiger partial charge in [0.25, 0.3) is 0 Å². The number of ether oxygens (including phenoxy) is 1. The molecule has 1 N–H and O–H groups in total. The largest absolute Gasteiger partial charge is 0.497 e. The summed E-state index contributed by atoms with van der Waals surface area (Å²) in [5.41, 5.74) is 1.92. The SMILES string of the molecule is COc1ccc(N2CC(C(=O)NCCS(=O)(=O)N3CCN(Cc4ccccc4)CC3)CC2=O)cc1. The molecule has 0 radical (unpaired) electrons. The number of anilines is 1. The molecule has 2 aromatic carbocycles. The average Bonchev–Trinajstić information content (AvgIpc) is 3.26. The van der Waals surface area contributed by atoms with Gasteiger partial charge in [0.05, 0.1) is 18.8 Å². The molecule has 10 heteroatoms. The molecule has 0 aromatic heterocycles. The van der Waals surface area contributed by atoms with Crippen LogP contribution in [0.25, 0.3) is 0 Å². The maximum atomic E-state index is 12.8. The maximum absolute atomic E-state index is 12.8. The van der Waals surface area contributed by atoms with E-state index in [1.807, 2.05) is 18.2 Å². The third kappa shape index (κ3) is 6.39. The molecule has 2 aromatic rings. The van der Waals surface area contributed by atoms with Crippen molar-refractivity contribution in [1.82, 2.24) is 14.5 Å². The van der Waals surface area contributed by atoms with Gasteiger partial charge in [-0.3, -0.25) is 14.5 Å². The van der Waals surface area contributed by atoms with Crippen LogP contribution in [-0.2, 0) is 26.2 Å². The minimum absolute atomic E-state index is 0.0264. The second-order valence-corrected chi connectivity index (χ2v) is 11.0. The minimum Gasteiger partial charge on any atom is -0.497 e. The van der Waals surface area contributed by atoms with Crippen LogP contribution in [0.3, 0.4) is 0 Å². The normalized spacial score (nSPS) is 19.6. The van der Waals surface area contributed by atoms with Gasteiger partial charge in [-0.2, -0.15) is 4.31 Å². The van der Waals surface area contributed by atoms with E-state index in [9.17, 15) is 18.0 Å². The fourth-order valence-electron chi connectivity index (χ4n) is 4.48. The van der Waals surface area contributed by atoms with Crippen molar-refractivity contribution in [1.29, 1.82) is 0 Å². The molecule has 0 aliphatic carbocycles. The summed E-state index contributed by atoms with van der Waals surface area (Å²) in [6, 6.07) is 17.2. The Kier molecular flexibility index (Phi) is 8.04. The summed E-state index contributed by atoms with van der Waals surface area (Å²) in [5.74, 6) is -0.392. The molecule has 2 aliphatic heterocycles. The zero-order chi connectivity index (χ0) is 24.8. The molecule has 0 bridgehead atoms. The predicted molar refractivity (Wildman–Crippen MR) is 134 cm³/mol. The summed E-state index contributed by atoms with van der Waals surface area (Å²) in [4.78, 5) is 28.9. The van der Waals surface area contributed by atoms with Crippen LogP contribution in [0.1, 0.15) is 12.0 Å². The van der Waals surface area contributed by atoms with Crippen molar-refractivity contribution in [2.45, 2.75) is 13.0 Å². The van der Waals surface area contributed by atoms with Gasteiger partial charge in [-0.25, -0.2) is 8.42 Å². The van der Waals surface area contributed by atoms with Crippen LogP contribution >= 0.6 is 0 Å². The lowest BCUT2D eigenvalue weighted by Gasteiger charge is -2.34. The standard InChI is InChI=1S/C25H32N4O5S/c1-34-23-9-7-22(8-10-23)29-19-21(17-24(29)30)25(31)26-11-16-35(32,33)28-14-12-27(13-15-28)18-20-5-3-2-4-6-20/h2-10,21H,11-19H2,1H3,(H,26,31). The van der Waals surface area contributed by atoms with E-state index in [4.69, 9.17) is 4.74 Å². The molecular weight excluding hydrogens is 468 g/mol. The highest BCUT2D eigenvalue weighted by Crippen LogP contribution is 2.27. The Bertz CT molecular complexity index is 1120. The molecular formula is C25H32N4O5S. The van der Waals surface area contributed by atoms with Gasteiger partial charge in [0.2, 0.25) is 21.8 Å². The van der Waals surface area contributed by atoms with Crippen LogP contribution in [-0.4, -0.2) is 81.6 Å². The molecule has 188 valence electrons. The number of piperazine rings is 1. The summed E-state index contributed by atoms with van der Waals surface area (Å²) in [7, 11) is -1.90. The molecule has 2 heterocycles. The first-order chi connectivity index (χ1) is 16.9. The topological polar surface area (TPSA) is 99.3 Å². The average molecular weight is 501 g/mol. The second-order valence-electron chi connectivity index (χ2n) is 8.87. The van der Waals surface area contributed by atoms with Gasteiger partial charge in [0.1, 0.15) is 5.75 Å². The number of carbonyl (C=O) groups excluding carboxylic acids is 2. The minimum atomic E-state index is -3.47. The molecule has 2 aliphatic rings. The first-order valence-electron chi connectivity index (χ1n) is 11.8. The van der Waals surface area contributed by atoms with Gasteiger partial charge in [-0.15, -0.1) is 0 Å². The highest BCUT2D eigenvalue weighted by Gasteiger charge is 2.35. The van der Waals surface area contributed by atoms with E-state index in [0.717, 1.165) is 6.54 Å². The van der Waals surface area contributed by atoms with Gasteiger partial charge >= 0.3 is 0 Å². The van der Waals surface area contributed by atoms with Crippen LogP contribution in [0, 0.1) is 5.92 Å². The van der Waals surface area contributed by atoms with Crippen LogP contribution in [0.15, 0.2) is 54.6 Å². The number of methoxy groups -OCH3 is 1. The fraction of sp³-hybridized carbons (Fsp3) is 0.440. The van der Waals surface area contributed by atoms with E-state index >= 15 is 0 Å². The van der Waals surface area contributed by atoms with Gasteiger partial charge in [0.15, 0.2) is 0 Å². The third-order valence-electron chi connectivity index (χ3n) is 6.51.